The molecular weight excluding hydrogens is 893 g/mol. The summed E-state index contributed by atoms with van der Waals surface area (Å²) in [5.74, 6) is 2.61. The number of rotatable bonds is 4. The Morgan fingerprint density at radius 1 is 0.408 bits per heavy atom. The van der Waals surface area contributed by atoms with Crippen LogP contribution >= 0.6 is 10.0 Å². The van der Waals surface area contributed by atoms with Crippen LogP contribution in [0.3, 0.4) is 0 Å². The molecule has 2 saturated heterocycles. The number of nitrogens with zero attached hydrogens (tertiary/aromatic N) is 2. The molecule has 0 amide bonds. The third-order valence-electron chi connectivity index (χ3n) is 17.6. The summed E-state index contributed by atoms with van der Waals surface area (Å²) in [5.41, 5.74) is 15.8. The van der Waals surface area contributed by atoms with Gasteiger partial charge in [0.05, 0.1) is 11.4 Å². The molecule has 0 aromatic heterocycles. The van der Waals surface area contributed by atoms with E-state index in [1.54, 1.807) is 20.2 Å². The maximum absolute atomic E-state index is 2.57. The zero-order valence-corrected chi connectivity index (χ0v) is 42.4. The van der Waals surface area contributed by atoms with E-state index in [0.29, 0.717) is 0 Å². The highest BCUT2D eigenvalue weighted by Gasteiger charge is 2.47. The lowest BCUT2D eigenvalue weighted by molar-refractivity contribution is 0.660. The van der Waals surface area contributed by atoms with E-state index in [9.17, 15) is 0 Å². The standard InChI is InChI=1S/C67H56N2SSi/c1-67(2)57-42-46(30-34-53(57)54-36-32-48(44-58(54)67)68-59-19-5-9-23-63(59)70(37-13-14-38-70)64-24-10-6-20-60(64)68)28-27-45-29-33-51-52-35-31-47(43-56(52)50-18-4-3-17-49(50)55(51)41-45)69-61-21-7-11-25-65(61)71(39-15-16-40-71)66-26-12-8-22-62(66)69/h3-12,17-36,41-44H,13-16,37-40H2,1-2H3. The first-order valence-electron chi connectivity index (χ1n) is 26.0. The second kappa shape index (κ2) is 15.4. The van der Waals surface area contributed by atoms with Gasteiger partial charge in [0.15, 0.2) is 0 Å². The Kier molecular flexibility index (Phi) is 9.06. The summed E-state index contributed by atoms with van der Waals surface area (Å²) in [5, 5.41) is 11.0. The molecule has 0 unspecified atom stereocenters. The molecular formula is C67H56N2SSi. The molecule has 0 saturated carbocycles. The van der Waals surface area contributed by atoms with E-state index in [1.807, 2.05) is 0 Å². The van der Waals surface area contributed by atoms with Crippen molar-refractivity contribution in [3.05, 3.63) is 216 Å². The van der Waals surface area contributed by atoms with Crippen LogP contribution < -0.4 is 20.2 Å². The molecule has 4 heterocycles. The Morgan fingerprint density at radius 3 is 1.51 bits per heavy atom. The van der Waals surface area contributed by atoms with E-state index in [2.05, 4.69) is 230 Å². The van der Waals surface area contributed by atoms with Gasteiger partial charge in [0, 0.05) is 38.0 Å². The first-order valence-corrected chi connectivity index (χ1v) is 30.4. The third kappa shape index (κ3) is 5.89. The lowest BCUT2D eigenvalue weighted by Gasteiger charge is -2.47. The lowest BCUT2D eigenvalue weighted by atomic mass is 9.81. The van der Waals surface area contributed by atoms with Crippen LogP contribution in [-0.2, 0) is 5.41 Å². The second-order valence-corrected chi connectivity index (χ2v) is 29.2. The number of benzene rings is 10. The quantitative estimate of drug-likeness (QED) is 0.0985. The molecule has 15 rings (SSSR count). The van der Waals surface area contributed by atoms with Gasteiger partial charge in [-0.15, -0.1) is 0 Å². The molecule has 2 spiro atoms. The van der Waals surface area contributed by atoms with Crippen molar-refractivity contribution < 1.29 is 0 Å². The molecule has 0 bridgehead atoms. The van der Waals surface area contributed by atoms with Crippen LogP contribution in [-0.4, -0.2) is 19.6 Å². The van der Waals surface area contributed by atoms with Gasteiger partial charge in [0.2, 0.25) is 0 Å². The SMILES string of the molecule is CC1(C)c2cc(C=Cc3ccc4c5ccc(N6c7ccccc7[Si]7(CCCC7)c7ccccc76)cc5c5ccccc5c4c3)ccc2-c2ccc(N3c4ccccc4S4(CCCC4)c4ccccc43)cc21. The van der Waals surface area contributed by atoms with Gasteiger partial charge in [0.25, 0.3) is 0 Å². The van der Waals surface area contributed by atoms with Gasteiger partial charge in [-0.05, 0) is 179 Å². The van der Waals surface area contributed by atoms with E-state index in [4.69, 9.17) is 0 Å². The van der Waals surface area contributed by atoms with Crippen molar-refractivity contribution in [1.82, 2.24) is 0 Å². The summed E-state index contributed by atoms with van der Waals surface area (Å²) >= 11 is 0. The van der Waals surface area contributed by atoms with Crippen molar-refractivity contribution in [2.75, 3.05) is 21.3 Å². The minimum atomic E-state index is -1.81. The Labute approximate surface area is 420 Å². The van der Waals surface area contributed by atoms with E-state index in [1.165, 1.54) is 149 Å². The van der Waals surface area contributed by atoms with Crippen molar-refractivity contribution in [3.63, 3.8) is 0 Å². The molecule has 4 aliphatic heterocycles. The van der Waals surface area contributed by atoms with Crippen LogP contribution in [0.1, 0.15) is 61.8 Å². The van der Waals surface area contributed by atoms with Crippen LogP contribution in [0.5, 0.6) is 0 Å². The molecule has 2 nitrogen and oxygen atoms in total. The van der Waals surface area contributed by atoms with Crippen molar-refractivity contribution in [3.8, 4) is 11.1 Å². The number of para-hydroxylation sites is 4. The predicted molar refractivity (Wildman–Crippen MR) is 308 cm³/mol. The molecule has 0 atom stereocenters. The highest BCUT2D eigenvalue weighted by atomic mass is 32.3. The van der Waals surface area contributed by atoms with E-state index in [-0.39, 0.29) is 5.41 Å². The topological polar surface area (TPSA) is 6.48 Å². The van der Waals surface area contributed by atoms with Crippen LogP contribution in [0.15, 0.2) is 204 Å². The zero-order valence-electron chi connectivity index (χ0n) is 40.6. The lowest BCUT2D eigenvalue weighted by Crippen LogP contribution is -2.60. The largest absolute Gasteiger partial charge is 0.311 e. The first kappa shape index (κ1) is 41.6. The van der Waals surface area contributed by atoms with Crippen molar-refractivity contribution >= 4 is 107 Å². The van der Waals surface area contributed by atoms with Crippen LogP contribution in [0.25, 0.3) is 55.6 Å². The van der Waals surface area contributed by atoms with Gasteiger partial charge in [-0.25, -0.2) is 0 Å². The molecule has 10 aromatic carbocycles. The summed E-state index contributed by atoms with van der Waals surface area (Å²) < 4.78 is 0. The normalized spacial score (nSPS) is 17.9. The van der Waals surface area contributed by atoms with Crippen LogP contribution in [0.4, 0.5) is 34.1 Å². The van der Waals surface area contributed by atoms with Crippen LogP contribution in [0.2, 0.25) is 12.1 Å². The fourth-order valence-corrected chi connectivity index (χ4v) is 24.3. The Balaban J connectivity index is 0.771. The van der Waals surface area contributed by atoms with Gasteiger partial charge in [-0.1, -0.05) is 166 Å². The smallest absolute Gasteiger partial charge is 0.123 e. The number of hydrogen-bond acceptors (Lipinski definition) is 2. The molecule has 5 aliphatic rings. The van der Waals surface area contributed by atoms with Gasteiger partial charge < -0.3 is 9.80 Å². The molecule has 2 fully saturated rings. The average molecular weight is 949 g/mol. The summed E-state index contributed by atoms with van der Waals surface area (Å²) in [6.07, 6.45) is 9.97. The van der Waals surface area contributed by atoms with Gasteiger partial charge >= 0.3 is 0 Å². The van der Waals surface area contributed by atoms with E-state index < -0.39 is 18.1 Å². The molecule has 0 N–H and O–H groups in total. The first-order chi connectivity index (χ1) is 34.9. The van der Waals surface area contributed by atoms with Crippen molar-refractivity contribution in [1.29, 1.82) is 0 Å². The summed E-state index contributed by atoms with van der Waals surface area (Å²) in [6.45, 7) is 4.84. The molecule has 344 valence electrons. The van der Waals surface area contributed by atoms with Gasteiger partial charge in [-0.3, -0.25) is 0 Å². The fourth-order valence-electron chi connectivity index (χ4n) is 14.3. The molecule has 1 aliphatic carbocycles. The Bertz CT molecular complexity index is 3790. The summed E-state index contributed by atoms with van der Waals surface area (Å²) in [6, 6.07) is 77.8. The van der Waals surface area contributed by atoms with Crippen LogP contribution in [0, 0.1) is 0 Å². The Hall–Kier alpha value is -7.11. The second-order valence-electron chi connectivity index (χ2n) is 21.5. The molecule has 10 aromatic rings. The highest BCUT2D eigenvalue weighted by Crippen LogP contribution is 2.74. The van der Waals surface area contributed by atoms with Gasteiger partial charge in [-0.2, -0.15) is 10.0 Å². The average Bonchev–Trinajstić information content (AvgIpc) is 4.17. The fraction of sp³-hybridized carbons (Fsp3) is 0.164. The van der Waals surface area contributed by atoms with Gasteiger partial charge in [0.1, 0.15) is 8.07 Å². The third-order valence-corrected chi connectivity index (χ3v) is 27.2. The van der Waals surface area contributed by atoms with E-state index >= 15 is 0 Å². The summed E-state index contributed by atoms with van der Waals surface area (Å²) in [4.78, 5) is 8.28. The highest BCUT2D eigenvalue weighted by molar-refractivity contribution is 8.34. The minimum Gasteiger partial charge on any atom is -0.311 e. The molecule has 0 radical (unpaired) electrons. The van der Waals surface area contributed by atoms with Crippen molar-refractivity contribution in [2.45, 2.75) is 66.8 Å². The van der Waals surface area contributed by atoms with E-state index in [0.717, 1.165) is 0 Å². The molecule has 4 heteroatoms. The Morgan fingerprint density at radius 2 is 0.859 bits per heavy atom. The predicted octanol–water partition coefficient (Wildman–Crippen LogP) is 17.6. The maximum atomic E-state index is 2.57. The maximum Gasteiger partial charge on any atom is 0.123 e. The monoisotopic (exact) mass is 948 g/mol. The summed E-state index contributed by atoms with van der Waals surface area (Å²) in [7, 11) is -2.84. The minimum absolute atomic E-state index is 0.152. The van der Waals surface area contributed by atoms with Crippen molar-refractivity contribution in [2.24, 2.45) is 0 Å². The number of anilines is 6. The zero-order chi connectivity index (χ0) is 47.1. The number of hydrogen-bond donors (Lipinski definition) is 0. The number of fused-ring (bicyclic) bond motifs is 17. The molecule has 71 heavy (non-hydrogen) atoms.